The number of rotatable bonds is 8. The molecule has 2 bridgehead atoms. The van der Waals surface area contributed by atoms with Crippen molar-refractivity contribution in [3.63, 3.8) is 0 Å². The van der Waals surface area contributed by atoms with Crippen molar-refractivity contribution in [2.75, 3.05) is 26.2 Å². The Morgan fingerprint density at radius 3 is 2.61 bits per heavy atom. The summed E-state index contributed by atoms with van der Waals surface area (Å²) >= 11 is 0. The maximum Gasteiger partial charge on any atom is 0.188 e. The lowest BCUT2D eigenvalue weighted by Crippen LogP contribution is -2.63. The van der Waals surface area contributed by atoms with Gasteiger partial charge in [-0.15, -0.1) is 0 Å². The molecule has 2 atom stereocenters. The van der Waals surface area contributed by atoms with Gasteiger partial charge in [-0.05, 0) is 24.0 Å². The molecular formula is C28H38N2O3. The highest BCUT2D eigenvalue weighted by atomic mass is 16.5. The summed E-state index contributed by atoms with van der Waals surface area (Å²) in [5.41, 5.74) is -0.624. The predicted octanol–water partition coefficient (Wildman–Crippen LogP) is 4.56. The molecule has 4 aliphatic rings. The van der Waals surface area contributed by atoms with Gasteiger partial charge >= 0.3 is 0 Å². The number of aromatic nitrogens is 1. The van der Waals surface area contributed by atoms with Crippen LogP contribution in [-0.2, 0) is 16.9 Å². The topological polar surface area (TPSA) is 58.3 Å². The van der Waals surface area contributed by atoms with Gasteiger partial charge in [0.15, 0.2) is 11.7 Å². The normalized spacial score (nSPS) is 30.0. The Bertz CT molecular complexity index is 926. The minimum atomic E-state index is -1.41. The fourth-order valence-corrected chi connectivity index (χ4v) is 6.52. The molecule has 0 radical (unpaired) electrons. The maximum absolute atomic E-state index is 14.5. The average molecular weight is 451 g/mol. The summed E-state index contributed by atoms with van der Waals surface area (Å²) < 4.78 is 13.6. The number of fused-ring (bicyclic) bond motifs is 3. The van der Waals surface area contributed by atoms with Gasteiger partial charge in [-0.1, -0.05) is 74.6 Å². The first kappa shape index (κ1) is 22.8. The van der Waals surface area contributed by atoms with Gasteiger partial charge in [-0.2, -0.15) is 0 Å². The molecule has 33 heavy (non-hydrogen) atoms. The van der Waals surface area contributed by atoms with Gasteiger partial charge in [-0.25, -0.2) is 4.98 Å². The second kappa shape index (κ2) is 9.73. The van der Waals surface area contributed by atoms with Gasteiger partial charge in [0, 0.05) is 18.8 Å². The number of ether oxygens (including phenoxy) is 1. The van der Waals surface area contributed by atoms with E-state index in [2.05, 4.69) is 17.1 Å². The van der Waals surface area contributed by atoms with Crippen LogP contribution in [0.4, 0.5) is 0 Å². The number of piperidine rings is 3. The fourth-order valence-electron chi connectivity index (χ4n) is 6.52. The Hall–Kier alpha value is -1.95. The first-order chi connectivity index (χ1) is 16.1. The van der Waals surface area contributed by atoms with Gasteiger partial charge < -0.3 is 18.7 Å². The van der Waals surface area contributed by atoms with Gasteiger partial charge in [0.1, 0.15) is 19.2 Å². The van der Waals surface area contributed by atoms with Crippen LogP contribution in [-0.4, -0.2) is 41.8 Å². The van der Waals surface area contributed by atoms with Crippen LogP contribution in [0.2, 0.25) is 0 Å². The van der Waals surface area contributed by atoms with Crippen LogP contribution in [0.1, 0.15) is 69.1 Å². The van der Waals surface area contributed by atoms with Crippen molar-refractivity contribution in [1.82, 2.24) is 4.98 Å². The summed E-state index contributed by atoms with van der Waals surface area (Å²) in [4.78, 5) is 4.63. The monoisotopic (exact) mass is 450 g/mol. The van der Waals surface area contributed by atoms with Crippen LogP contribution < -0.4 is 5.11 Å². The molecule has 6 rings (SSSR count). The number of nitrogens with zero attached hydrogens (tertiary/aromatic N) is 2. The molecule has 4 fully saturated rings. The lowest BCUT2D eigenvalue weighted by molar-refractivity contribution is -0.959. The largest absolute Gasteiger partial charge is 0.839 e. The van der Waals surface area contributed by atoms with E-state index in [4.69, 9.17) is 9.15 Å². The minimum absolute atomic E-state index is 0.0299. The molecule has 3 aliphatic heterocycles. The molecule has 1 aliphatic carbocycles. The van der Waals surface area contributed by atoms with E-state index in [9.17, 15) is 5.11 Å². The Morgan fingerprint density at radius 1 is 1.12 bits per heavy atom. The van der Waals surface area contributed by atoms with Crippen molar-refractivity contribution < 1.29 is 18.7 Å². The maximum atomic E-state index is 14.5. The third kappa shape index (κ3) is 4.55. The van der Waals surface area contributed by atoms with E-state index in [1.165, 1.54) is 19.3 Å². The molecule has 5 nitrogen and oxygen atoms in total. The van der Waals surface area contributed by atoms with Crippen molar-refractivity contribution in [3.05, 3.63) is 65.9 Å². The van der Waals surface area contributed by atoms with Crippen molar-refractivity contribution in [1.29, 1.82) is 0 Å². The molecule has 0 N–H and O–H groups in total. The Balaban J connectivity index is 1.37. The zero-order chi connectivity index (χ0) is 22.7. The highest BCUT2D eigenvalue weighted by molar-refractivity contribution is 5.29. The predicted molar refractivity (Wildman–Crippen MR) is 126 cm³/mol. The quantitative estimate of drug-likeness (QED) is 0.437. The molecule has 3 saturated heterocycles. The number of hydrogen-bond donors (Lipinski definition) is 0. The van der Waals surface area contributed by atoms with Gasteiger partial charge in [0.25, 0.3) is 0 Å². The first-order valence-corrected chi connectivity index (χ1v) is 12.9. The highest BCUT2D eigenvalue weighted by Gasteiger charge is 2.47. The Labute approximate surface area is 198 Å². The standard InChI is InChI=1S/C28H38N2O3/c1-2-3-18-32-26-21-30(16-14-22(26)15-17-30)20-25-19-29-27(33-25)28(31,23-10-6-4-7-11-23)24-12-8-5-9-13-24/h2-4,6-7,10-11,19,22,24,26H,5,8-9,12-18,20-21H2,1H3/b3-2+/t22?,26-,28-,30?/m0/s1. The molecular weight excluding hydrogens is 412 g/mol. The summed E-state index contributed by atoms with van der Waals surface area (Å²) in [6.45, 7) is 6.89. The summed E-state index contributed by atoms with van der Waals surface area (Å²) in [6, 6.07) is 9.79. The third-order valence-electron chi connectivity index (χ3n) is 8.43. The lowest BCUT2D eigenvalue weighted by atomic mass is 9.73. The van der Waals surface area contributed by atoms with Crippen LogP contribution in [0.3, 0.4) is 0 Å². The smallest absolute Gasteiger partial charge is 0.188 e. The SMILES string of the molecule is C/C=C/CO[C@H]1C[N+]2(Cc3cnc([C@]([O-])(c4ccccc4)C4CCCCC4)o3)CCC1CC2. The molecule has 0 amide bonds. The van der Waals surface area contributed by atoms with E-state index in [1.807, 2.05) is 43.5 Å². The number of hydrogen-bond acceptors (Lipinski definition) is 4. The third-order valence-corrected chi connectivity index (χ3v) is 8.43. The Morgan fingerprint density at radius 2 is 1.88 bits per heavy atom. The molecule has 0 spiro atoms. The number of quaternary nitrogens is 1. The van der Waals surface area contributed by atoms with Crippen molar-refractivity contribution in [2.24, 2.45) is 11.8 Å². The first-order valence-electron chi connectivity index (χ1n) is 12.9. The number of allylic oxidation sites excluding steroid dienone is 1. The summed E-state index contributed by atoms with van der Waals surface area (Å²) in [5, 5.41) is 14.5. The van der Waals surface area contributed by atoms with E-state index < -0.39 is 5.60 Å². The fraction of sp³-hybridized carbons (Fsp3) is 0.607. The van der Waals surface area contributed by atoms with Crippen molar-refractivity contribution in [2.45, 2.75) is 70.1 Å². The lowest BCUT2D eigenvalue weighted by Gasteiger charge is -2.52. The van der Waals surface area contributed by atoms with Crippen LogP contribution in [0.5, 0.6) is 0 Å². The van der Waals surface area contributed by atoms with Crippen LogP contribution in [0, 0.1) is 11.8 Å². The zero-order valence-corrected chi connectivity index (χ0v) is 20.0. The second-order valence-electron chi connectivity index (χ2n) is 10.5. The molecule has 1 saturated carbocycles. The molecule has 1 aromatic heterocycles. The van der Waals surface area contributed by atoms with Gasteiger partial charge in [0.05, 0.1) is 25.9 Å². The van der Waals surface area contributed by atoms with E-state index in [0.717, 1.165) is 67.7 Å². The van der Waals surface area contributed by atoms with Gasteiger partial charge in [0.2, 0.25) is 0 Å². The summed E-state index contributed by atoms with van der Waals surface area (Å²) in [6.07, 6.45) is 14.0. The van der Waals surface area contributed by atoms with E-state index in [-0.39, 0.29) is 5.92 Å². The number of oxazole rings is 1. The minimum Gasteiger partial charge on any atom is -0.839 e. The zero-order valence-electron chi connectivity index (χ0n) is 20.0. The van der Waals surface area contributed by atoms with Gasteiger partial charge in [-0.3, -0.25) is 0 Å². The van der Waals surface area contributed by atoms with Crippen LogP contribution in [0.25, 0.3) is 0 Å². The summed E-state index contributed by atoms with van der Waals surface area (Å²) in [7, 11) is 0. The van der Waals surface area contributed by atoms with Crippen LogP contribution >= 0.6 is 0 Å². The average Bonchev–Trinajstić information content (AvgIpc) is 3.34. The molecule has 1 aromatic carbocycles. The summed E-state index contributed by atoms with van der Waals surface area (Å²) in [5.74, 6) is 1.92. The van der Waals surface area contributed by atoms with E-state index >= 15 is 0 Å². The van der Waals surface area contributed by atoms with E-state index in [1.54, 1.807) is 0 Å². The van der Waals surface area contributed by atoms with Crippen molar-refractivity contribution >= 4 is 0 Å². The molecule has 0 unspecified atom stereocenters. The molecule has 5 heteroatoms. The highest BCUT2D eigenvalue weighted by Crippen LogP contribution is 2.42. The second-order valence-corrected chi connectivity index (χ2v) is 10.5. The Kier molecular flexibility index (Phi) is 6.73. The molecule has 178 valence electrons. The van der Waals surface area contributed by atoms with Crippen molar-refractivity contribution in [3.8, 4) is 0 Å². The molecule has 4 heterocycles. The van der Waals surface area contributed by atoms with E-state index in [0.29, 0.717) is 24.5 Å². The molecule has 2 aromatic rings. The number of benzene rings is 1. The van der Waals surface area contributed by atoms with Crippen LogP contribution in [0.15, 0.2) is 53.1 Å².